The Bertz CT molecular complexity index is 1310. The second kappa shape index (κ2) is 7.69. The fourth-order valence-corrected chi connectivity index (χ4v) is 3.64. The molecule has 3 aromatic heterocycles. The van der Waals surface area contributed by atoms with Gasteiger partial charge in [-0.2, -0.15) is 17.9 Å². The van der Waals surface area contributed by atoms with E-state index >= 15 is 0 Å². The van der Waals surface area contributed by atoms with Crippen molar-refractivity contribution < 1.29 is 18.2 Å². The molecule has 11 heteroatoms. The second-order valence-corrected chi connectivity index (χ2v) is 7.36. The van der Waals surface area contributed by atoms with Crippen LogP contribution in [0.3, 0.4) is 0 Å². The van der Waals surface area contributed by atoms with E-state index in [1.165, 1.54) is 0 Å². The minimum Gasteiger partial charge on any atom is -0.290 e. The van der Waals surface area contributed by atoms with Gasteiger partial charge in [0.15, 0.2) is 0 Å². The summed E-state index contributed by atoms with van der Waals surface area (Å²) in [5, 5.41) is 4.43. The van der Waals surface area contributed by atoms with Gasteiger partial charge in [-0.15, -0.1) is 9.50 Å². The molecule has 160 valence electrons. The molecule has 4 aromatic rings. The highest BCUT2D eigenvalue weighted by atomic mass is 35.5. The summed E-state index contributed by atoms with van der Waals surface area (Å²) in [7, 11) is 0. The largest absolute Gasteiger partial charge is 0.411 e. The highest BCUT2D eigenvalue weighted by Crippen LogP contribution is 2.33. The standard InChI is InChI=1S/C20H16ClF3N6O/c1-11-9-13(10-14(21)26-11)15-16(12-5-3-2-4-6-12)27-18(25)30-17(15)28-29(19(30)31)8-7-20(22,23)24/h2-6,9-10H,7-8H2,1H3,(H2,25,27)/p+1. The lowest BCUT2D eigenvalue weighted by Crippen LogP contribution is -2.28. The number of hydrogen-bond acceptors (Lipinski definition) is 4. The molecule has 0 atom stereocenters. The van der Waals surface area contributed by atoms with Crippen molar-refractivity contribution in [2.24, 2.45) is 0 Å². The van der Waals surface area contributed by atoms with Gasteiger partial charge >= 0.3 is 17.8 Å². The molecule has 0 saturated carbocycles. The van der Waals surface area contributed by atoms with Crippen molar-refractivity contribution in [2.75, 3.05) is 5.73 Å². The zero-order valence-electron chi connectivity index (χ0n) is 16.2. The number of nitrogens with one attached hydrogen (secondary N) is 1. The van der Waals surface area contributed by atoms with Crippen LogP contribution in [0, 0.1) is 6.92 Å². The number of aromatic amines is 1. The van der Waals surface area contributed by atoms with E-state index in [-0.39, 0.29) is 16.7 Å². The zero-order chi connectivity index (χ0) is 22.3. The minimum atomic E-state index is -4.43. The summed E-state index contributed by atoms with van der Waals surface area (Å²) in [5.74, 6) is -0.0577. The Hall–Kier alpha value is -3.40. The molecular formula is C20H17ClF3N6O+. The van der Waals surface area contributed by atoms with Gasteiger partial charge in [0.05, 0.1) is 18.5 Å². The van der Waals surface area contributed by atoms with Crippen LogP contribution in [-0.4, -0.2) is 25.3 Å². The van der Waals surface area contributed by atoms with Crippen molar-refractivity contribution in [2.45, 2.75) is 26.1 Å². The van der Waals surface area contributed by atoms with Crippen molar-refractivity contribution in [3.8, 4) is 22.4 Å². The number of halogens is 4. The van der Waals surface area contributed by atoms with Crippen LogP contribution in [0.15, 0.2) is 47.3 Å². The van der Waals surface area contributed by atoms with Crippen LogP contribution in [0.25, 0.3) is 28.0 Å². The number of anilines is 1. The van der Waals surface area contributed by atoms with Crippen LogP contribution >= 0.6 is 11.6 Å². The normalized spacial score (nSPS) is 11.9. The molecule has 0 aliphatic rings. The second-order valence-electron chi connectivity index (χ2n) is 6.98. The maximum atomic E-state index is 12.8. The number of aromatic nitrogens is 5. The number of H-pyrrole nitrogens is 1. The Balaban J connectivity index is 2.05. The number of rotatable bonds is 4. The molecule has 1 aromatic carbocycles. The van der Waals surface area contributed by atoms with E-state index in [0.29, 0.717) is 22.5 Å². The molecule has 3 N–H and O–H groups in total. The van der Waals surface area contributed by atoms with Gasteiger partial charge < -0.3 is 0 Å². The highest BCUT2D eigenvalue weighted by molar-refractivity contribution is 6.29. The summed E-state index contributed by atoms with van der Waals surface area (Å²) in [5.41, 5.74) is 8.40. The molecule has 0 amide bonds. The molecule has 0 saturated heterocycles. The Labute approximate surface area is 178 Å². The maximum Gasteiger partial charge on any atom is 0.411 e. The first-order chi connectivity index (χ1) is 14.6. The molecule has 4 rings (SSSR count). The summed E-state index contributed by atoms with van der Waals surface area (Å²) in [6.45, 7) is 1.13. The Morgan fingerprint density at radius 3 is 2.52 bits per heavy atom. The first-order valence-corrected chi connectivity index (χ1v) is 9.63. The van der Waals surface area contributed by atoms with Crippen LogP contribution in [0.1, 0.15) is 12.1 Å². The lowest BCUT2D eigenvalue weighted by Gasteiger charge is -2.10. The van der Waals surface area contributed by atoms with Crippen molar-refractivity contribution >= 4 is 23.2 Å². The Kier molecular flexibility index (Phi) is 5.18. The Morgan fingerprint density at radius 1 is 1.16 bits per heavy atom. The van der Waals surface area contributed by atoms with Gasteiger partial charge in [-0.25, -0.2) is 14.8 Å². The summed E-state index contributed by atoms with van der Waals surface area (Å²) in [6.07, 6.45) is -5.62. The predicted octanol–water partition coefficient (Wildman–Crippen LogP) is 3.54. The number of nitrogens with zero attached hydrogens (tertiary/aromatic N) is 4. The van der Waals surface area contributed by atoms with E-state index in [4.69, 9.17) is 17.3 Å². The summed E-state index contributed by atoms with van der Waals surface area (Å²) >= 11 is 6.15. The number of nitrogens with two attached hydrogens (primary N) is 1. The van der Waals surface area contributed by atoms with Crippen molar-refractivity contribution in [1.82, 2.24) is 19.2 Å². The Morgan fingerprint density at radius 2 is 1.87 bits per heavy atom. The lowest BCUT2D eigenvalue weighted by atomic mass is 10.0. The van der Waals surface area contributed by atoms with Gasteiger partial charge in [0.1, 0.15) is 10.8 Å². The third-order valence-corrected chi connectivity index (χ3v) is 4.88. The fraction of sp³-hybridized carbons (Fsp3) is 0.200. The summed E-state index contributed by atoms with van der Waals surface area (Å²) in [4.78, 5) is 19.9. The number of benzene rings is 1. The lowest BCUT2D eigenvalue weighted by molar-refractivity contribution is -0.351. The van der Waals surface area contributed by atoms with Gasteiger partial charge in [0, 0.05) is 11.3 Å². The molecule has 31 heavy (non-hydrogen) atoms. The number of alkyl halides is 3. The molecule has 7 nitrogen and oxygen atoms in total. The smallest absolute Gasteiger partial charge is 0.290 e. The molecule has 0 aliphatic heterocycles. The summed E-state index contributed by atoms with van der Waals surface area (Å²) in [6, 6.07) is 12.5. The monoisotopic (exact) mass is 449 g/mol. The predicted molar refractivity (Wildman–Crippen MR) is 110 cm³/mol. The molecule has 0 aliphatic carbocycles. The third-order valence-electron chi connectivity index (χ3n) is 4.69. The van der Waals surface area contributed by atoms with Gasteiger partial charge in [-0.1, -0.05) is 41.9 Å². The summed E-state index contributed by atoms with van der Waals surface area (Å²) < 4.78 is 40.0. The van der Waals surface area contributed by atoms with Gasteiger partial charge in [0.25, 0.3) is 0 Å². The number of hydrogen-bond donors (Lipinski definition) is 1. The molecule has 0 spiro atoms. The number of aryl methyl sites for hydroxylation is 2. The minimum absolute atomic E-state index is 0.0577. The molecule has 0 fully saturated rings. The van der Waals surface area contributed by atoms with Crippen LogP contribution in [0.4, 0.5) is 19.1 Å². The SMILES string of the molecule is Cc1cc(-c2c(-c3ccccc3)[nH+]c(N)n3c(=O)n(CCC(F)(F)F)nc23)cc(Cl)n1. The van der Waals surface area contributed by atoms with E-state index in [1.54, 1.807) is 19.1 Å². The van der Waals surface area contributed by atoms with E-state index < -0.39 is 24.8 Å². The molecule has 3 heterocycles. The highest BCUT2D eigenvalue weighted by Gasteiger charge is 2.30. The average Bonchev–Trinajstić information content (AvgIpc) is 3.02. The zero-order valence-corrected chi connectivity index (χ0v) is 17.0. The van der Waals surface area contributed by atoms with Crippen molar-refractivity contribution in [3.63, 3.8) is 0 Å². The quantitative estimate of drug-likeness (QED) is 0.482. The van der Waals surface area contributed by atoms with Gasteiger partial charge in [-0.3, -0.25) is 5.73 Å². The maximum absolute atomic E-state index is 12.8. The van der Waals surface area contributed by atoms with Crippen molar-refractivity contribution in [3.05, 3.63) is 63.8 Å². The fourth-order valence-electron chi connectivity index (χ4n) is 3.39. The van der Waals surface area contributed by atoms with Gasteiger partial charge in [0.2, 0.25) is 5.65 Å². The van der Waals surface area contributed by atoms with Crippen LogP contribution in [0.5, 0.6) is 0 Å². The number of pyridine rings is 1. The molecular weight excluding hydrogens is 433 g/mol. The third kappa shape index (κ3) is 4.11. The number of fused-ring (bicyclic) bond motifs is 1. The van der Waals surface area contributed by atoms with Crippen LogP contribution < -0.4 is 16.4 Å². The first-order valence-electron chi connectivity index (χ1n) is 9.25. The average molecular weight is 450 g/mol. The topological polar surface area (TPSA) is 92.3 Å². The van der Waals surface area contributed by atoms with E-state index in [1.807, 2.05) is 30.3 Å². The van der Waals surface area contributed by atoms with E-state index in [0.717, 1.165) is 14.6 Å². The van der Waals surface area contributed by atoms with Crippen molar-refractivity contribution in [1.29, 1.82) is 0 Å². The van der Waals surface area contributed by atoms with E-state index in [9.17, 15) is 18.0 Å². The molecule has 0 radical (unpaired) electrons. The van der Waals surface area contributed by atoms with Gasteiger partial charge in [-0.05, 0) is 24.6 Å². The first kappa shape index (κ1) is 20.9. The number of nitrogen functional groups attached to an aromatic ring is 1. The van der Waals surface area contributed by atoms with Crippen LogP contribution in [-0.2, 0) is 6.54 Å². The van der Waals surface area contributed by atoms with Crippen LogP contribution in [0.2, 0.25) is 5.15 Å². The molecule has 0 bridgehead atoms. The molecule has 0 unspecified atom stereocenters. The van der Waals surface area contributed by atoms with E-state index in [2.05, 4.69) is 15.1 Å².